The van der Waals surface area contributed by atoms with Crippen LogP contribution in [0.25, 0.3) is 5.69 Å². The third kappa shape index (κ3) is 3.02. The predicted molar refractivity (Wildman–Crippen MR) is 88.7 cm³/mol. The Balaban J connectivity index is 1.94. The number of halogens is 2. The SMILES string of the molecule is NC(c1cnn(-c2ccccc2)c1)c1cc(Br)ccc1Cl. The van der Waals surface area contributed by atoms with E-state index in [4.69, 9.17) is 17.3 Å². The zero-order valence-corrected chi connectivity index (χ0v) is 13.4. The summed E-state index contributed by atoms with van der Waals surface area (Å²) in [5.41, 5.74) is 9.10. The molecule has 0 aliphatic heterocycles. The van der Waals surface area contributed by atoms with Gasteiger partial charge in [0.15, 0.2) is 0 Å². The summed E-state index contributed by atoms with van der Waals surface area (Å²) < 4.78 is 2.76. The van der Waals surface area contributed by atoms with E-state index < -0.39 is 0 Å². The number of nitrogens with zero attached hydrogens (tertiary/aromatic N) is 2. The lowest BCUT2D eigenvalue weighted by atomic mass is 10.0. The van der Waals surface area contributed by atoms with Crippen LogP contribution < -0.4 is 5.73 Å². The molecule has 0 aliphatic carbocycles. The van der Waals surface area contributed by atoms with Crippen molar-refractivity contribution in [3.63, 3.8) is 0 Å². The number of aromatic nitrogens is 2. The van der Waals surface area contributed by atoms with Crippen LogP contribution in [0.4, 0.5) is 0 Å². The molecular weight excluding hydrogens is 350 g/mol. The fourth-order valence-corrected chi connectivity index (χ4v) is 2.77. The van der Waals surface area contributed by atoms with Gasteiger partial charge in [-0.2, -0.15) is 5.10 Å². The number of hydrogen-bond acceptors (Lipinski definition) is 2. The van der Waals surface area contributed by atoms with E-state index >= 15 is 0 Å². The summed E-state index contributed by atoms with van der Waals surface area (Å²) in [5, 5.41) is 5.02. The monoisotopic (exact) mass is 361 g/mol. The summed E-state index contributed by atoms with van der Waals surface area (Å²) in [6.07, 6.45) is 3.70. The van der Waals surface area contributed by atoms with E-state index in [2.05, 4.69) is 21.0 Å². The van der Waals surface area contributed by atoms with Crippen LogP contribution in [0.2, 0.25) is 5.02 Å². The van der Waals surface area contributed by atoms with Crippen molar-refractivity contribution in [2.75, 3.05) is 0 Å². The van der Waals surface area contributed by atoms with E-state index in [1.165, 1.54) is 0 Å². The smallest absolute Gasteiger partial charge is 0.0645 e. The second-order valence-corrected chi connectivity index (χ2v) is 6.02. The fourth-order valence-electron chi connectivity index (χ4n) is 2.15. The zero-order chi connectivity index (χ0) is 14.8. The summed E-state index contributed by atoms with van der Waals surface area (Å²) in [7, 11) is 0. The summed E-state index contributed by atoms with van der Waals surface area (Å²) in [5.74, 6) is 0. The molecule has 0 saturated carbocycles. The van der Waals surface area contributed by atoms with E-state index in [9.17, 15) is 0 Å². The zero-order valence-electron chi connectivity index (χ0n) is 11.1. The first kappa shape index (κ1) is 14.3. The molecule has 0 radical (unpaired) electrons. The van der Waals surface area contributed by atoms with Gasteiger partial charge in [0.25, 0.3) is 0 Å². The minimum atomic E-state index is -0.313. The van der Waals surface area contributed by atoms with Crippen LogP contribution in [0.15, 0.2) is 65.4 Å². The molecule has 5 heteroatoms. The van der Waals surface area contributed by atoms with E-state index in [1.807, 2.05) is 54.7 Å². The van der Waals surface area contributed by atoms with Crippen LogP contribution >= 0.6 is 27.5 Å². The molecule has 1 atom stereocenters. The van der Waals surface area contributed by atoms with Gasteiger partial charge in [0.2, 0.25) is 0 Å². The molecule has 1 heterocycles. The first-order chi connectivity index (χ1) is 10.1. The Morgan fingerprint density at radius 3 is 2.67 bits per heavy atom. The number of benzene rings is 2. The maximum Gasteiger partial charge on any atom is 0.0645 e. The highest BCUT2D eigenvalue weighted by atomic mass is 79.9. The highest BCUT2D eigenvalue weighted by Crippen LogP contribution is 2.29. The molecule has 0 spiro atoms. The molecule has 106 valence electrons. The van der Waals surface area contributed by atoms with Crippen molar-refractivity contribution in [3.8, 4) is 5.69 Å². The normalized spacial score (nSPS) is 12.3. The van der Waals surface area contributed by atoms with Crippen molar-refractivity contribution in [3.05, 3.63) is 81.5 Å². The van der Waals surface area contributed by atoms with Crippen LogP contribution in [0.1, 0.15) is 17.2 Å². The van der Waals surface area contributed by atoms with Gasteiger partial charge >= 0.3 is 0 Å². The summed E-state index contributed by atoms with van der Waals surface area (Å²) in [4.78, 5) is 0. The van der Waals surface area contributed by atoms with Crippen LogP contribution in [0, 0.1) is 0 Å². The summed E-state index contributed by atoms with van der Waals surface area (Å²) in [6.45, 7) is 0. The van der Waals surface area contributed by atoms with Crippen molar-refractivity contribution >= 4 is 27.5 Å². The van der Waals surface area contributed by atoms with Crippen molar-refractivity contribution in [2.24, 2.45) is 5.73 Å². The van der Waals surface area contributed by atoms with Crippen LogP contribution in [0.3, 0.4) is 0 Å². The molecule has 3 nitrogen and oxygen atoms in total. The average Bonchev–Trinajstić information content (AvgIpc) is 3.00. The average molecular weight is 363 g/mol. The van der Waals surface area contributed by atoms with Crippen molar-refractivity contribution in [2.45, 2.75) is 6.04 Å². The topological polar surface area (TPSA) is 43.8 Å². The molecule has 0 fully saturated rings. The Morgan fingerprint density at radius 2 is 1.90 bits per heavy atom. The Labute approximate surface area is 136 Å². The number of para-hydroxylation sites is 1. The van der Waals surface area contributed by atoms with Gasteiger partial charge in [0, 0.05) is 21.3 Å². The Kier molecular flexibility index (Phi) is 4.10. The molecule has 3 aromatic rings. The van der Waals surface area contributed by atoms with Crippen molar-refractivity contribution in [1.82, 2.24) is 9.78 Å². The number of rotatable bonds is 3. The molecular formula is C16H13BrClN3. The predicted octanol–water partition coefficient (Wildman–Crippen LogP) is 4.34. The van der Waals surface area contributed by atoms with Crippen LogP contribution in [0.5, 0.6) is 0 Å². The van der Waals surface area contributed by atoms with Gasteiger partial charge in [0.1, 0.15) is 0 Å². The standard InChI is InChI=1S/C16H13BrClN3/c17-12-6-7-15(18)14(8-12)16(19)11-9-20-21(10-11)13-4-2-1-3-5-13/h1-10,16H,19H2. The van der Waals surface area contributed by atoms with E-state index in [0.717, 1.165) is 21.3 Å². The molecule has 0 saturated heterocycles. The molecule has 0 amide bonds. The minimum absolute atomic E-state index is 0.313. The Hall–Kier alpha value is -1.62. The van der Waals surface area contributed by atoms with E-state index in [0.29, 0.717) is 5.02 Å². The van der Waals surface area contributed by atoms with E-state index in [-0.39, 0.29) is 6.04 Å². The molecule has 1 unspecified atom stereocenters. The third-order valence-electron chi connectivity index (χ3n) is 3.28. The van der Waals surface area contributed by atoms with Crippen LogP contribution in [-0.4, -0.2) is 9.78 Å². The maximum atomic E-state index is 6.32. The largest absolute Gasteiger partial charge is 0.320 e. The molecule has 2 N–H and O–H groups in total. The quantitative estimate of drug-likeness (QED) is 0.753. The molecule has 0 aliphatic rings. The first-order valence-corrected chi connectivity index (χ1v) is 7.63. The number of hydrogen-bond donors (Lipinski definition) is 1. The summed E-state index contributed by atoms with van der Waals surface area (Å²) in [6, 6.07) is 15.3. The number of nitrogens with two attached hydrogens (primary N) is 1. The van der Waals surface area contributed by atoms with Gasteiger partial charge in [0.05, 0.1) is 17.9 Å². The lowest BCUT2D eigenvalue weighted by Crippen LogP contribution is -2.11. The maximum absolute atomic E-state index is 6.32. The lowest BCUT2D eigenvalue weighted by Gasteiger charge is -2.12. The molecule has 3 rings (SSSR count). The van der Waals surface area contributed by atoms with Crippen molar-refractivity contribution in [1.29, 1.82) is 0 Å². The first-order valence-electron chi connectivity index (χ1n) is 6.45. The van der Waals surface area contributed by atoms with Crippen LogP contribution in [-0.2, 0) is 0 Å². The molecule has 21 heavy (non-hydrogen) atoms. The second kappa shape index (κ2) is 6.02. The Morgan fingerprint density at radius 1 is 1.14 bits per heavy atom. The molecule has 1 aromatic heterocycles. The molecule has 2 aromatic carbocycles. The minimum Gasteiger partial charge on any atom is -0.320 e. The highest BCUT2D eigenvalue weighted by Gasteiger charge is 2.15. The van der Waals surface area contributed by atoms with E-state index in [1.54, 1.807) is 10.9 Å². The lowest BCUT2D eigenvalue weighted by molar-refractivity contribution is 0.861. The van der Waals surface area contributed by atoms with Gasteiger partial charge in [-0.05, 0) is 35.9 Å². The van der Waals surface area contributed by atoms with Gasteiger partial charge in [-0.1, -0.05) is 45.7 Å². The third-order valence-corrected chi connectivity index (χ3v) is 4.11. The molecule has 0 bridgehead atoms. The van der Waals surface area contributed by atoms with Crippen molar-refractivity contribution < 1.29 is 0 Å². The Bertz CT molecular complexity index is 755. The second-order valence-electron chi connectivity index (χ2n) is 4.70. The van der Waals surface area contributed by atoms with Gasteiger partial charge in [-0.15, -0.1) is 0 Å². The van der Waals surface area contributed by atoms with Gasteiger partial charge in [-0.3, -0.25) is 0 Å². The highest BCUT2D eigenvalue weighted by molar-refractivity contribution is 9.10. The van der Waals surface area contributed by atoms with Gasteiger partial charge < -0.3 is 5.73 Å². The fraction of sp³-hybridized carbons (Fsp3) is 0.0625. The van der Waals surface area contributed by atoms with Gasteiger partial charge in [-0.25, -0.2) is 4.68 Å². The summed E-state index contributed by atoms with van der Waals surface area (Å²) >= 11 is 9.68.